The van der Waals surface area contributed by atoms with Crippen LogP contribution in [-0.2, 0) is 11.2 Å². The second kappa shape index (κ2) is 4.29. The molecule has 0 saturated heterocycles. The number of benzene rings is 1. The molecule has 0 spiro atoms. The Labute approximate surface area is 105 Å². The molecule has 1 aliphatic carbocycles. The lowest BCUT2D eigenvalue weighted by Crippen LogP contribution is -2.20. The second-order valence-corrected chi connectivity index (χ2v) is 4.24. The Hall–Kier alpha value is -2.10. The fraction of sp³-hybridized carbons (Fsp3) is 0.286. The quantitative estimate of drug-likeness (QED) is 0.777. The maximum Gasteiger partial charge on any atom is 0.360 e. The highest BCUT2D eigenvalue weighted by molar-refractivity contribution is 5.88. The Kier molecular flexibility index (Phi) is 2.63. The summed E-state index contributed by atoms with van der Waals surface area (Å²) in [5, 5.41) is 0. The van der Waals surface area contributed by atoms with Crippen molar-refractivity contribution in [2.75, 3.05) is 6.61 Å². The van der Waals surface area contributed by atoms with Crippen molar-refractivity contribution in [3.8, 4) is 0 Å². The number of esters is 1. The van der Waals surface area contributed by atoms with Crippen molar-refractivity contribution in [3.63, 3.8) is 0 Å². The number of aromatic nitrogens is 1. The summed E-state index contributed by atoms with van der Waals surface area (Å²) >= 11 is 0. The Bertz CT molecular complexity index is 588. The first-order valence-electron chi connectivity index (χ1n) is 5.99. The summed E-state index contributed by atoms with van der Waals surface area (Å²) in [6.45, 7) is 2.11. The van der Waals surface area contributed by atoms with Crippen LogP contribution in [0.5, 0.6) is 0 Å². The molecular formula is C14H13NO3. The molecule has 4 heteroatoms. The fourth-order valence-corrected chi connectivity index (χ4v) is 2.35. The first kappa shape index (κ1) is 11.0. The molecule has 1 heterocycles. The average molecular weight is 243 g/mol. The number of nitrogens with zero attached hydrogens (tertiary/aromatic N) is 1. The lowest BCUT2D eigenvalue weighted by molar-refractivity contribution is 0.0517. The third kappa shape index (κ3) is 1.61. The highest BCUT2D eigenvalue weighted by Gasteiger charge is 2.34. The van der Waals surface area contributed by atoms with Gasteiger partial charge in [0.05, 0.1) is 6.61 Å². The Balaban J connectivity index is 1.92. The minimum absolute atomic E-state index is 0.128. The van der Waals surface area contributed by atoms with E-state index >= 15 is 0 Å². The van der Waals surface area contributed by atoms with E-state index in [1.165, 1.54) is 17.5 Å². The van der Waals surface area contributed by atoms with Gasteiger partial charge in [-0.2, -0.15) is 0 Å². The molecule has 0 radical (unpaired) electrons. The molecule has 1 aromatic heterocycles. The Morgan fingerprint density at radius 3 is 3.11 bits per heavy atom. The van der Waals surface area contributed by atoms with Crippen LogP contribution in [-0.4, -0.2) is 17.6 Å². The van der Waals surface area contributed by atoms with Crippen LogP contribution in [0.2, 0.25) is 0 Å². The third-order valence-electron chi connectivity index (χ3n) is 3.23. The van der Waals surface area contributed by atoms with E-state index in [-0.39, 0.29) is 5.92 Å². The van der Waals surface area contributed by atoms with Crippen molar-refractivity contribution < 1.29 is 13.9 Å². The molecule has 92 valence electrons. The average Bonchev–Trinajstić information content (AvgIpc) is 2.80. The Morgan fingerprint density at radius 1 is 1.50 bits per heavy atom. The second-order valence-electron chi connectivity index (χ2n) is 4.24. The van der Waals surface area contributed by atoms with Gasteiger partial charge in [-0.3, -0.25) is 0 Å². The van der Waals surface area contributed by atoms with Gasteiger partial charge in [-0.25, -0.2) is 9.78 Å². The molecule has 0 N–H and O–H groups in total. The van der Waals surface area contributed by atoms with E-state index in [4.69, 9.17) is 9.15 Å². The lowest BCUT2D eigenvalue weighted by Gasteiger charge is -2.28. The molecular weight excluding hydrogens is 230 g/mol. The van der Waals surface area contributed by atoms with Crippen molar-refractivity contribution in [1.29, 1.82) is 0 Å². The van der Waals surface area contributed by atoms with Gasteiger partial charge in [0.1, 0.15) is 5.76 Å². The van der Waals surface area contributed by atoms with E-state index in [1.807, 2.05) is 12.1 Å². The van der Waals surface area contributed by atoms with Crippen LogP contribution in [0.3, 0.4) is 0 Å². The van der Waals surface area contributed by atoms with Crippen LogP contribution >= 0.6 is 0 Å². The molecule has 1 atom stereocenters. The van der Waals surface area contributed by atoms with Gasteiger partial charge < -0.3 is 9.15 Å². The van der Waals surface area contributed by atoms with Crippen LogP contribution in [0.4, 0.5) is 0 Å². The van der Waals surface area contributed by atoms with Crippen LogP contribution in [0.1, 0.15) is 40.2 Å². The number of carbonyl (C=O) groups is 1. The van der Waals surface area contributed by atoms with Gasteiger partial charge in [0.25, 0.3) is 0 Å². The van der Waals surface area contributed by atoms with Crippen LogP contribution in [0.15, 0.2) is 35.1 Å². The molecule has 0 bridgehead atoms. The van der Waals surface area contributed by atoms with Crippen molar-refractivity contribution >= 4 is 5.97 Å². The fourth-order valence-electron chi connectivity index (χ4n) is 2.35. The first-order chi connectivity index (χ1) is 8.81. The van der Waals surface area contributed by atoms with Crippen molar-refractivity contribution in [2.45, 2.75) is 19.3 Å². The molecule has 1 aliphatic rings. The minimum atomic E-state index is -0.411. The van der Waals surface area contributed by atoms with E-state index in [2.05, 4.69) is 17.1 Å². The van der Waals surface area contributed by atoms with Crippen LogP contribution in [0, 0.1) is 0 Å². The zero-order valence-electron chi connectivity index (χ0n) is 10.1. The van der Waals surface area contributed by atoms with E-state index in [1.54, 1.807) is 6.92 Å². The van der Waals surface area contributed by atoms with E-state index in [0.29, 0.717) is 18.1 Å². The summed E-state index contributed by atoms with van der Waals surface area (Å²) in [6.07, 6.45) is 2.19. The number of rotatable bonds is 3. The number of ether oxygens (including phenoxy) is 1. The number of fused-ring (bicyclic) bond motifs is 1. The maximum atomic E-state index is 11.7. The van der Waals surface area contributed by atoms with Gasteiger partial charge in [-0.15, -0.1) is 0 Å². The first-order valence-corrected chi connectivity index (χ1v) is 5.99. The van der Waals surface area contributed by atoms with Crippen molar-refractivity contribution in [1.82, 2.24) is 4.98 Å². The van der Waals surface area contributed by atoms with Gasteiger partial charge >= 0.3 is 5.97 Å². The summed E-state index contributed by atoms with van der Waals surface area (Å²) in [6, 6.07) is 8.15. The molecule has 4 nitrogen and oxygen atoms in total. The predicted molar refractivity (Wildman–Crippen MR) is 64.4 cm³/mol. The smallest absolute Gasteiger partial charge is 0.360 e. The van der Waals surface area contributed by atoms with Crippen molar-refractivity contribution in [3.05, 3.63) is 53.2 Å². The van der Waals surface area contributed by atoms with Gasteiger partial charge in [0.2, 0.25) is 0 Å². The summed E-state index contributed by atoms with van der Waals surface area (Å²) in [4.78, 5) is 15.7. The molecule has 0 fully saturated rings. The highest BCUT2D eigenvalue weighted by Crippen LogP contribution is 2.41. The molecule has 18 heavy (non-hydrogen) atoms. The van der Waals surface area contributed by atoms with Crippen molar-refractivity contribution in [2.24, 2.45) is 0 Å². The maximum absolute atomic E-state index is 11.7. The normalized spacial score (nSPS) is 16.8. The van der Waals surface area contributed by atoms with Gasteiger partial charge in [0, 0.05) is 5.92 Å². The van der Waals surface area contributed by atoms with E-state index in [9.17, 15) is 4.79 Å². The number of hydrogen-bond acceptors (Lipinski definition) is 4. The molecule has 0 saturated carbocycles. The number of hydrogen-bond donors (Lipinski definition) is 0. The zero-order valence-corrected chi connectivity index (χ0v) is 10.1. The zero-order chi connectivity index (χ0) is 12.5. The molecule has 0 amide bonds. The predicted octanol–water partition coefficient (Wildman–Crippen LogP) is 2.54. The lowest BCUT2D eigenvalue weighted by atomic mass is 9.76. The monoisotopic (exact) mass is 243 g/mol. The number of oxazole rings is 1. The molecule has 0 aliphatic heterocycles. The topological polar surface area (TPSA) is 52.3 Å². The summed E-state index contributed by atoms with van der Waals surface area (Å²) in [5.74, 6) is 0.334. The van der Waals surface area contributed by atoms with Crippen LogP contribution < -0.4 is 0 Å². The SMILES string of the molecule is CCOC(=O)c1ncoc1C1Cc2ccccc21. The summed E-state index contributed by atoms with van der Waals surface area (Å²) in [5.41, 5.74) is 2.81. The van der Waals surface area contributed by atoms with E-state index in [0.717, 1.165) is 6.42 Å². The molecule has 1 unspecified atom stereocenters. The molecule has 1 aromatic carbocycles. The van der Waals surface area contributed by atoms with E-state index < -0.39 is 5.97 Å². The Morgan fingerprint density at radius 2 is 2.33 bits per heavy atom. The largest absolute Gasteiger partial charge is 0.461 e. The number of carbonyl (C=O) groups excluding carboxylic acids is 1. The minimum Gasteiger partial charge on any atom is -0.461 e. The van der Waals surface area contributed by atoms with Gasteiger partial charge in [-0.05, 0) is 24.5 Å². The highest BCUT2D eigenvalue weighted by atomic mass is 16.5. The molecule has 2 aromatic rings. The standard InChI is InChI=1S/C14H13NO3/c1-2-17-14(16)12-13(18-8-15-12)11-7-9-5-3-4-6-10(9)11/h3-6,8,11H,2,7H2,1H3. The molecule has 3 rings (SSSR count). The van der Waals surface area contributed by atoms with Gasteiger partial charge in [-0.1, -0.05) is 24.3 Å². The summed E-state index contributed by atoms with van der Waals surface area (Å²) < 4.78 is 10.4. The van der Waals surface area contributed by atoms with Crippen LogP contribution in [0.25, 0.3) is 0 Å². The third-order valence-corrected chi connectivity index (χ3v) is 3.23. The van der Waals surface area contributed by atoms with Gasteiger partial charge in [0.15, 0.2) is 12.1 Å². The summed E-state index contributed by atoms with van der Waals surface area (Å²) in [7, 11) is 0.